The molecule has 1 aromatic heterocycles. The normalized spacial score (nSPS) is 12.3. The highest BCUT2D eigenvalue weighted by Gasteiger charge is 2.26. The summed E-state index contributed by atoms with van der Waals surface area (Å²) in [6.45, 7) is 12.7. The molecule has 2 aromatic rings. The van der Waals surface area contributed by atoms with Crippen molar-refractivity contribution in [1.29, 1.82) is 0 Å². The number of sulfonamides is 1. The maximum atomic E-state index is 13.2. The molecule has 1 N–H and O–H groups in total. The van der Waals surface area contributed by atoms with E-state index in [1.165, 1.54) is 5.56 Å². The Bertz CT molecular complexity index is 813. The summed E-state index contributed by atoms with van der Waals surface area (Å²) < 4.78 is 29.2. The Morgan fingerprint density at radius 3 is 1.81 bits per heavy atom. The number of nitrogens with one attached hydrogen (secondary N) is 1. The van der Waals surface area contributed by atoms with Crippen LogP contribution in [0.3, 0.4) is 0 Å². The van der Waals surface area contributed by atoms with Crippen molar-refractivity contribution < 1.29 is 8.42 Å². The van der Waals surface area contributed by atoms with Crippen LogP contribution in [0.4, 0.5) is 0 Å². The molecular weight excluding hydrogens is 344 g/mol. The molecule has 142 valence electrons. The van der Waals surface area contributed by atoms with Crippen LogP contribution >= 0.6 is 0 Å². The van der Waals surface area contributed by atoms with E-state index >= 15 is 0 Å². The van der Waals surface area contributed by atoms with Crippen LogP contribution in [0.5, 0.6) is 0 Å². The molecule has 0 atom stereocenters. The van der Waals surface area contributed by atoms with Crippen LogP contribution in [0.1, 0.15) is 81.5 Å². The number of benzene rings is 1. The number of nitrogens with zero attached hydrogens (tertiary/aromatic N) is 1. The fraction of sp³-hybridized carbons (Fsp3) is 0.476. The van der Waals surface area contributed by atoms with Crippen LogP contribution in [0.25, 0.3) is 0 Å². The highest BCUT2D eigenvalue weighted by atomic mass is 32.2. The number of hydrogen-bond acceptors (Lipinski definition) is 3. The SMILES string of the molecule is CC(C)c1cc(C(C)C)c(S(=O)(=O)NCc2ccncc2)c(C(C)C)c1. The van der Waals surface area contributed by atoms with E-state index < -0.39 is 10.0 Å². The minimum Gasteiger partial charge on any atom is -0.265 e. The second-order valence-electron chi connectivity index (χ2n) is 7.67. The van der Waals surface area contributed by atoms with E-state index in [2.05, 4.69) is 35.7 Å². The lowest BCUT2D eigenvalue weighted by molar-refractivity contribution is 0.575. The molecule has 0 saturated heterocycles. The molecule has 0 aliphatic carbocycles. The molecule has 0 aliphatic heterocycles. The molecule has 2 rings (SSSR count). The van der Waals surface area contributed by atoms with Gasteiger partial charge in [0.05, 0.1) is 4.90 Å². The molecule has 4 nitrogen and oxygen atoms in total. The molecular formula is C21H30N2O2S. The van der Waals surface area contributed by atoms with E-state index in [0.29, 0.717) is 10.8 Å². The van der Waals surface area contributed by atoms with Gasteiger partial charge in [-0.1, -0.05) is 53.7 Å². The van der Waals surface area contributed by atoms with E-state index in [-0.39, 0.29) is 18.4 Å². The lowest BCUT2D eigenvalue weighted by atomic mass is 9.89. The lowest BCUT2D eigenvalue weighted by Gasteiger charge is -2.23. The largest absolute Gasteiger partial charge is 0.265 e. The minimum absolute atomic E-state index is 0.124. The predicted molar refractivity (Wildman–Crippen MR) is 107 cm³/mol. The monoisotopic (exact) mass is 374 g/mol. The van der Waals surface area contributed by atoms with E-state index in [9.17, 15) is 8.42 Å². The zero-order valence-corrected chi connectivity index (χ0v) is 17.4. The zero-order chi connectivity index (χ0) is 19.5. The molecule has 1 heterocycles. The fourth-order valence-corrected chi connectivity index (χ4v) is 4.66. The molecule has 0 radical (unpaired) electrons. The molecule has 0 amide bonds. The fourth-order valence-electron chi connectivity index (χ4n) is 2.95. The van der Waals surface area contributed by atoms with E-state index in [4.69, 9.17) is 0 Å². The second-order valence-corrected chi connectivity index (χ2v) is 9.38. The van der Waals surface area contributed by atoms with Gasteiger partial charge < -0.3 is 0 Å². The van der Waals surface area contributed by atoms with Gasteiger partial charge in [-0.15, -0.1) is 0 Å². The summed E-state index contributed by atoms with van der Waals surface area (Å²) in [5.41, 5.74) is 3.86. The quantitative estimate of drug-likeness (QED) is 0.747. The van der Waals surface area contributed by atoms with Crippen molar-refractivity contribution in [2.75, 3.05) is 0 Å². The van der Waals surface area contributed by atoms with Gasteiger partial charge in [-0.25, -0.2) is 13.1 Å². The van der Waals surface area contributed by atoms with Crippen molar-refractivity contribution in [3.05, 3.63) is 58.9 Å². The van der Waals surface area contributed by atoms with Gasteiger partial charge in [0.1, 0.15) is 0 Å². The number of aromatic nitrogens is 1. The Labute approximate surface area is 158 Å². The van der Waals surface area contributed by atoms with Crippen LogP contribution in [0.15, 0.2) is 41.6 Å². The van der Waals surface area contributed by atoms with E-state index in [1.54, 1.807) is 12.4 Å². The zero-order valence-electron chi connectivity index (χ0n) is 16.6. The van der Waals surface area contributed by atoms with Crippen LogP contribution in [-0.2, 0) is 16.6 Å². The summed E-state index contributed by atoms with van der Waals surface area (Å²) in [5, 5.41) is 0. The van der Waals surface area contributed by atoms with Gasteiger partial charge in [0, 0.05) is 18.9 Å². The lowest BCUT2D eigenvalue weighted by Crippen LogP contribution is -2.26. The Kier molecular flexibility index (Phi) is 6.58. The third-order valence-electron chi connectivity index (χ3n) is 4.56. The molecule has 0 saturated carbocycles. The summed E-state index contributed by atoms with van der Waals surface area (Å²) >= 11 is 0. The summed E-state index contributed by atoms with van der Waals surface area (Å²) in [7, 11) is -3.62. The molecule has 0 unspecified atom stereocenters. The van der Waals surface area contributed by atoms with Crippen molar-refractivity contribution in [1.82, 2.24) is 9.71 Å². The molecule has 1 aromatic carbocycles. The van der Waals surface area contributed by atoms with Crippen LogP contribution in [-0.4, -0.2) is 13.4 Å². The number of hydrogen-bond donors (Lipinski definition) is 1. The van der Waals surface area contributed by atoms with Gasteiger partial charge in [0.25, 0.3) is 0 Å². The van der Waals surface area contributed by atoms with Gasteiger partial charge >= 0.3 is 0 Å². The van der Waals surface area contributed by atoms with Gasteiger partial charge in [0.15, 0.2) is 0 Å². The van der Waals surface area contributed by atoms with Crippen molar-refractivity contribution in [3.8, 4) is 0 Å². The molecule has 0 spiro atoms. The van der Waals surface area contributed by atoms with Crippen molar-refractivity contribution in [3.63, 3.8) is 0 Å². The van der Waals surface area contributed by atoms with Gasteiger partial charge in [-0.3, -0.25) is 4.98 Å². The van der Waals surface area contributed by atoms with Crippen LogP contribution in [0.2, 0.25) is 0 Å². The molecule has 26 heavy (non-hydrogen) atoms. The third kappa shape index (κ3) is 4.71. The maximum Gasteiger partial charge on any atom is 0.241 e. The molecule has 0 fully saturated rings. The van der Waals surface area contributed by atoms with Gasteiger partial charge in [-0.2, -0.15) is 0 Å². The highest BCUT2D eigenvalue weighted by Crippen LogP contribution is 2.35. The average Bonchev–Trinajstić information content (AvgIpc) is 2.59. The first-order valence-electron chi connectivity index (χ1n) is 9.19. The summed E-state index contributed by atoms with van der Waals surface area (Å²) in [5.74, 6) is 0.601. The summed E-state index contributed by atoms with van der Waals surface area (Å²) in [6.07, 6.45) is 3.33. The Balaban J connectivity index is 2.54. The average molecular weight is 375 g/mol. The Morgan fingerprint density at radius 1 is 0.885 bits per heavy atom. The smallest absolute Gasteiger partial charge is 0.241 e. The van der Waals surface area contributed by atoms with Gasteiger partial charge in [-0.05, 0) is 52.1 Å². The maximum absolute atomic E-state index is 13.2. The Hall–Kier alpha value is -1.72. The minimum atomic E-state index is -3.62. The van der Waals surface area contributed by atoms with Gasteiger partial charge in [0.2, 0.25) is 10.0 Å². The second kappa shape index (κ2) is 8.31. The van der Waals surface area contributed by atoms with E-state index in [1.807, 2.05) is 39.8 Å². The first-order valence-corrected chi connectivity index (χ1v) is 10.7. The summed E-state index contributed by atoms with van der Waals surface area (Å²) in [4.78, 5) is 4.42. The molecule has 0 bridgehead atoms. The van der Waals surface area contributed by atoms with Crippen molar-refractivity contribution in [2.24, 2.45) is 0 Å². The van der Waals surface area contributed by atoms with Crippen molar-refractivity contribution >= 4 is 10.0 Å². The number of pyridine rings is 1. The highest BCUT2D eigenvalue weighted by molar-refractivity contribution is 7.89. The standard InChI is InChI=1S/C21H30N2O2S/c1-14(2)18-11-19(15(3)4)21(20(12-18)16(5)6)26(24,25)23-13-17-7-9-22-10-8-17/h7-12,14-16,23H,13H2,1-6H3. The van der Waals surface area contributed by atoms with Crippen LogP contribution < -0.4 is 4.72 Å². The number of rotatable bonds is 7. The molecule has 0 aliphatic rings. The van der Waals surface area contributed by atoms with Crippen LogP contribution in [0, 0.1) is 0 Å². The van der Waals surface area contributed by atoms with E-state index in [0.717, 1.165) is 16.7 Å². The predicted octanol–water partition coefficient (Wildman–Crippen LogP) is 4.93. The topological polar surface area (TPSA) is 59.1 Å². The van der Waals surface area contributed by atoms with Crippen molar-refractivity contribution in [2.45, 2.75) is 70.7 Å². The first kappa shape index (κ1) is 20.6. The Morgan fingerprint density at radius 2 is 1.38 bits per heavy atom. The first-order chi connectivity index (χ1) is 12.1. The summed E-state index contributed by atoms with van der Waals surface area (Å²) in [6, 6.07) is 7.75. The third-order valence-corrected chi connectivity index (χ3v) is 6.10. The molecule has 5 heteroatoms.